The van der Waals surface area contributed by atoms with E-state index < -0.39 is 17.6 Å². The number of benzene rings is 2. The Kier molecular flexibility index (Phi) is 8.06. The fourth-order valence-electron chi connectivity index (χ4n) is 5.38. The number of carbonyl (C=O) groups excluding carboxylic acids is 1. The molecule has 1 saturated heterocycles. The molecule has 6 rings (SSSR count). The molecule has 1 amide bonds. The Morgan fingerprint density at radius 2 is 1.80 bits per heavy atom. The average molecular weight is 604 g/mol. The summed E-state index contributed by atoms with van der Waals surface area (Å²) in [6, 6.07) is 10.7. The average Bonchev–Trinajstić information content (AvgIpc) is 3.68. The molecule has 228 valence electrons. The number of likely N-dealkylation sites (N-methyl/N-ethyl adjacent to an activating group) is 1. The minimum absolute atomic E-state index is 0.0491. The number of anilines is 3. The Morgan fingerprint density at radius 1 is 1.00 bits per heavy atom. The first-order valence-corrected chi connectivity index (χ1v) is 14.3. The van der Waals surface area contributed by atoms with Gasteiger partial charge in [0.15, 0.2) is 5.82 Å². The molecular formula is C31H32F3N9O. The Balaban J connectivity index is 1.22. The minimum atomic E-state index is -4.58. The van der Waals surface area contributed by atoms with Gasteiger partial charge in [0.1, 0.15) is 12.0 Å². The van der Waals surface area contributed by atoms with E-state index in [1.54, 1.807) is 41.4 Å². The lowest BCUT2D eigenvalue weighted by atomic mass is 10.0. The summed E-state index contributed by atoms with van der Waals surface area (Å²) in [5.41, 5.74) is 2.20. The third-order valence-corrected chi connectivity index (χ3v) is 7.84. The number of rotatable bonds is 8. The van der Waals surface area contributed by atoms with Crippen LogP contribution >= 0.6 is 0 Å². The number of hydrogen-bond acceptors (Lipinski definition) is 7. The highest BCUT2D eigenvalue weighted by Gasteiger charge is 2.32. The number of hydrogen-bond donors (Lipinski definition) is 3. The number of nitrogens with zero attached hydrogens (tertiary/aromatic N) is 6. The molecule has 10 nitrogen and oxygen atoms in total. The molecule has 1 fully saturated rings. The zero-order valence-corrected chi connectivity index (χ0v) is 24.3. The molecule has 0 spiro atoms. The van der Waals surface area contributed by atoms with Gasteiger partial charge in [0.05, 0.1) is 10.9 Å². The van der Waals surface area contributed by atoms with E-state index in [9.17, 15) is 18.0 Å². The van der Waals surface area contributed by atoms with Crippen molar-refractivity contribution in [1.29, 1.82) is 0 Å². The van der Waals surface area contributed by atoms with Gasteiger partial charge in [-0.1, -0.05) is 13.0 Å². The molecule has 0 radical (unpaired) electrons. The van der Waals surface area contributed by atoms with E-state index in [2.05, 4.69) is 47.3 Å². The van der Waals surface area contributed by atoms with E-state index in [-0.39, 0.29) is 5.56 Å². The second kappa shape index (κ2) is 12.1. The molecule has 44 heavy (non-hydrogen) atoms. The van der Waals surface area contributed by atoms with Crippen molar-refractivity contribution in [2.75, 3.05) is 43.4 Å². The summed E-state index contributed by atoms with van der Waals surface area (Å²) >= 11 is 0. The number of aromatic amines is 1. The van der Waals surface area contributed by atoms with Crippen LogP contribution in [-0.4, -0.2) is 72.9 Å². The van der Waals surface area contributed by atoms with Gasteiger partial charge in [0.2, 0.25) is 5.95 Å². The van der Waals surface area contributed by atoms with Gasteiger partial charge in [0.25, 0.3) is 5.91 Å². The fraction of sp³-hybridized carbons (Fsp3) is 0.290. The summed E-state index contributed by atoms with van der Waals surface area (Å²) in [6.45, 7) is 8.53. The van der Waals surface area contributed by atoms with Gasteiger partial charge in [-0.25, -0.2) is 15.0 Å². The van der Waals surface area contributed by atoms with Crippen molar-refractivity contribution in [3.05, 3.63) is 89.6 Å². The molecule has 3 N–H and O–H groups in total. The van der Waals surface area contributed by atoms with Crippen LogP contribution in [0.4, 0.5) is 30.5 Å². The molecule has 0 saturated carbocycles. The van der Waals surface area contributed by atoms with Crippen molar-refractivity contribution >= 4 is 34.3 Å². The van der Waals surface area contributed by atoms with Crippen LogP contribution in [0.2, 0.25) is 0 Å². The number of fused-ring (bicyclic) bond motifs is 1. The molecule has 2 aromatic carbocycles. The number of halogens is 3. The van der Waals surface area contributed by atoms with Crippen molar-refractivity contribution in [1.82, 2.24) is 34.3 Å². The topological polar surface area (TPSA) is 107 Å². The first-order chi connectivity index (χ1) is 21.2. The molecule has 1 aliphatic rings. The molecule has 0 atom stereocenters. The van der Waals surface area contributed by atoms with Gasteiger partial charge in [0, 0.05) is 68.3 Å². The molecule has 1 aliphatic heterocycles. The number of H-pyrrole nitrogens is 1. The largest absolute Gasteiger partial charge is 0.416 e. The minimum Gasteiger partial charge on any atom is -0.346 e. The number of aryl methyl sites for hydroxylation is 1. The summed E-state index contributed by atoms with van der Waals surface area (Å²) in [5, 5.41) is 6.88. The number of imidazole rings is 1. The van der Waals surface area contributed by atoms with E-state index in [0.29, 0.717) is 40.9 Å². The highest BCUT2D eigenvalue weighted by atomic mass is 19.4. The number of nitrogens with one attached hydrogen (secondary N) is 3. The Bertz CT molecular complexity index is 1790. The predicted octanol–water partition coefficient (Wildman–Crippen LogP) is 5.60. The van der Waals surface area contributed by atoms with Crippen LogP contribution in [0.25, 0.3) is 16.9 Å². The molecule has 0 bridgehead atoms. The summed E-state index contributed by atoms with van der Waals surface area (Å²) in [7, 11) is 0. The van der Waals surface area contributed by atoms with Crippen molar-refractivity contribution in [2.45, 2.75) is 26.6 Å². The third-order valence-electron chi connectivity index (χ3n) is 7.84. The first kappa shape index (κ1) is 29.3. The van der Waals surface area contributed by atoms with Crippen LogP contribution in [0.3, 0.4) is 0 Å². The third kappa shape index (κ3) is 6.29. The maximum absolute atomic E-state index is 13.8. The Morgan fingerprint density at radius 3 is 2.57 bits per heavy atom. The summed E-state index contributed by atoms with van der Waals surface area (Å²) < 4.78 is 43.3. The lowest BCUT2D eigenvalue weighted by Gasteiger charge is -2.34. The Hall–Kier alpha value is -4.75. The van der Waals surface area contributed by atoms with Crippen LogP contribution < -0.4 is 10.6 Å². The zero-order chi connectivity index (χ0) is 30.8. The lowest BCUT2D eigenvalue weighted by molar-refractivity contribution is -0.137. The highest BCUT2D eigenvalue weighted by Crippen LogP contribution is 2.32. The number of amides is 1. The maximum Gasteiger partial charge on any atom is 0.416 e. The van der Waals surface area contributed by atoms with Crippen LogP contribution in [0.1, 0.15) is 34.0 Å². The highest BCUT2D eigenvalue weighted by molar-refractivity contribution is 6.04. The van der Waals surface area contributed by atoms with E-state index in [1.807, 2.05) is 19.1 Å². The summed E-state index contributed by atoms with van der Waals surface area (Å²) in [5.74, 6) is 0.492. The molecule has 0 aliphatic carbocycles. The second-order valence-electron chi connectivity index (χ2n) is 10.8. The second-order valence-corrected chi connectivity index (χ2v) is 10.8. The van der Waals surface area contributed by atoms with Crippen LogP contribution in [0.15, 0.2) is 67.4 Å². The van der Waals surface area contributed by atoms with E-state index in [0.717, 1.165) is 55.8 Å². The van der Waals surface area contributed by atoms with Crippen molar-refractivity contribution in [3.8, 4) is 5.82 Å². The standard InChI is InChI=1S/C31H32F3N9O/c1-3-41-10-12-42(13-11-41)18-21-14-22(16-23(15-21)31(32,33)34)29(44)39-24-5-4-20(2)26(17-24)40-30-36-8-9-43(30)28-25-6-7-35-27(25)37-19-38-28/h4-9,14-17,19H,3,10-13,18H2,1-2H3,(H,36,40)(H,39,44)(H,35,37,38). The van der Waals surface area contributed by atoms with Gasteiger partial charge in [-0.3, -0.25) is 14.3 Å². The van der Waals surface area contributed by atoms with Gasteiger partial charge in [-0.15, -0.1) is 0 Å². The molecule has 5 aromatic rings. The number of piperazine rings is 1. The van der Waals surface area contributed by atoms with Crippen LogP contribution in [0.5, 0.6) is 0 Å². The lowest BCUT2D eigenvalue weighted by Crippen LogP contribution is -2.45. The van der Waals surface area contributed by atoms with Crippen LogP contribution in [0, 0.1) is 6.92 Å². The quantitative estimate of drug-likeness (QED) is 0.212. The number of carbonyl (C=O) groups is 1. The van der Waals surface area contributed by atoms with Crippen molar-refractivity contribution < 1.29 is 18.0 Å². The molecule has 13 heteroatoms. The van der Waals surface area contributed by atoms with E-state index >= 15 is 0 Å². The first-order valence-electron chi connectivity index (χ1n) is 14.3. The number of aromatic nitrogens is 5. The SMILES string of the molecule is CCN1CCN(Cc2cc(C(=O)Nc3ccc(C)c(Nc4nccn4-c4ncnc5[nH]ccc45)c3)cc(C(F)(F)F)c2)CC1. The zero-order valence-electron chi connectivity index (χ0n) is 24.3. The fourth-order valence-corrected chi connectivity index (χ4v) is 5.38. The number of alkyl halides is 3. The van der Waals surface area contributed by atoms with Crippen molar-refractivity contribution in [3.63, 3.8) is 0 Å². The summed E-state index contributed by atoms with van der Waals surface area (Å²) in [4.78, 5) is 33.9. The normalized spacial score (nSPS) is 14.7. The van der Waals surface area contributed by atoms with Gasteiger partial charge in [-0.05, 0) is 61.0 Å². The smallest absolute Gasteiger partial charge is 0.346 e. The van der Waals surface area contributed by atoms with E-state index in [1.165, 1.54) is 6.33 Å². The molecular weight excluding hydrogens is 571 g/mol. The van der Waals surface area contributed by atoms with Crippen molar-refractivity contribution in [2.24, 2.45) is 0 Å². The molecule has 0 unspecified atom stereocenters. The maximum atomic E-state index is 13.8. The monoisotopic (exact) mass is 603 g/mol. The van der Waals surface area contributed by atoms with Crippen LogP contribution in [-0.2, 0) is 12.7 Å². The summed E-state index contributed by atoms with van der Waals surface area (Å²) in [6.07, 6.45) is 2.07. The van der Waals surface area contributed by atoms with Gasteiger partial charge in [-0.2, -0.15) is 13.2 Å². The molecule has 4 heterocycles. The van der Waals surface area contributed by atoms with E-state index in [4.69, 9.17) is 0 Å². The molecule has 3 aromatic heterocycles. The van der Waals surface area contributed by atoms with Gasteiger partial charge < -0.3 is 20.5 Å². The Labute approximate surface area is 251 Å². The predicted molar refractivity (Wildman–Crippen MR) is 162 cm³/mol. The van der Waals surface area contributed by atoms with Gasteiger partial charge >= 0.3 is 6.18 Å².